The fourth-order valence-corrected chi connectivity index (χ4v) is 5.15. The molecule has 0 saturated heterocycles. The standard InChI is InChI=1S/C18H31NO3Si/c1-5-19(17-18-13-10-9-11-14-18)15-12-16-23(20-6-2,21-7-3)22-8-4/h5,9-11,13-14H,1,6-8,12,15-17H2,2-4H3/q+1. The molecule has 0 heterocycles. The molecule has 0 aliphatic heterocycles. The molecule has 1 aromatic carbocycles. The van der Waals surface area contributed by atoms with Crippen LogP contribution in [-0.2, 0) is 19.8 Å². The minimum atomic E-state index is -2.53. The fourth-order valence-electron chi connectivity index (χ4n) is 2.55. The zero-order valence-electron chi connectivity index (χ0n) is 14.8. The predicted molar refractivity (Wildman–Crippen MR) is 97.4 cm³/mol. The molecule has 0 saturated carbocycles. The van der Waals surface area contributed by atoms with Crippen molar-refractivity contribution in [2.45, 2.75) is 39.8 Å². The van der Waals surface area contributed by atoms with Gasteiger partial charge in [0.1, 0.15) is 12.7 Å². The molecule has 1 radical (unpaired) electrons. The maximum Gasteiger partial charge on any atom is 0.501 e. The summed E-state index contributed by atoms with van der Waals surface area (Å²) in [5.41, 5.74) is 1.29. The molecule has 0 N–H and O–H groups in total. The molecular formula is C18H31NO3Si+. The van der Waals surface area contributed by atoms with E-state index in [9.17, 15) is 0 Å². The normalized spacial score (nSPS) is 11.8. The zero-order chi connectivity index (χ0) is 17.0. The minimum Gasteiger partial charge on any atom is -0.374 e. The summed E-state index contributed by atoms with van der Waals surface area (Å²) in [4.78, 5) is 2.22. The van der Waals surface area contributed by atoms with E-state index in [2.05, 4.69) is 35.7 Å². The van der Waals surface area contributed by atoms with E-state index in [1.54, 1.807) is 0 Å². The van der Waals surface area contributed by atoms with Crippen LogP contribution in [-0.4, -0.2) is 35.2 Å². The van der Waals surface area contributed by atoms with Gasteiger partial charge in [0.25, 0.3) is 0 Å². The molecule has 0 aliphatic carbocycles. The number of hydrogen-bond donors (Lipinski definition) is 0. The van der Waals surface area contributed by atoms with E-state index in [1.807, 2.05) is 33.0 Å². The first-order chi connectivity index (χ1) is 11.2. The molecule has 1 rings (SSSR count). The van der Waals surface area contributed by atoms with Crippen molar-refractivity contribution in [3.8, 4) is 0 Å². The van der Waals surface area contributed by atoms with Crippen molar-refractivity contribution < 1.29 is 13.3 Å². The summed E-state index contributed by atoms with van der Waals surface area (Å²) < 4.78 is 17.7. The summed E-state index contributed by atoms with van der Waals surface area (Å²) in [5.74, 6) is 0. The van der Waals surface area contributed by atoms with Crippen molar-refractivity contribution in [1.82, 2.24) is 4.90 Å². The second-order valence-electron chi connectivity index (χ2n) is 5.22. The lowest BCUT2D eigenvalue weighted by Gasteiger charge is -2.28. The van der Waals surface area contributed by atoms with Gasteiger partial charge in [0, 0.05) is 37.8 Å². The van der Waals surface area contributed by atoms with Gasteiger partial charge in [-0.15, -0.1) is 4.90 Å². The Bertz CT molecular complexity index is 411. The largest absolute Gasteiger partial charge is 0.501 e. The van der Waals surface area contributed by atoms with Crippen molar-refractivity contribution in [2.24, 2.45) is 0 Å². The van der Waals surface area contributed by atoms with Crippen molar-refractivity contribution >= 4 is 8.80 Å². The van der Waals surface area contributed by atoms with Crippen LogP contribution in [0.2, 0.25) is 6.04 Å². The minimum absolute atomic E-state index is 0.626. The first-order valence-corrected chi connectivity index (χ1v) is 10.4. The summed E-state index contributed by atoms with van der Waals surface area (Å²) >= 11 is 0. The monoisotopic (exact) mass is 337 g/mol. The van der Waals surface area contributed by atoms with Crippen molar-refractivity contribution in [3.05, 3.63) is 48.7 Å². The lowest BCUT2D eigenvalue weighted by molar-refractivity contribution is 0.0706. The molecule has 0 spiro atoms. The number of hydrogen-bond acceptors (Lipinski definition) is 4. The Morgan fingerprint density at radius 1 is 1.00 bits per heavy atom. The van der Waals surface area contributed by atoms with Crippen LogP contribution in [0, 0.1) is 0 Å². The highest BCUT2D eigenvalue weighted by atomic mass is 28.4. The molecule has 0 amide bonds. The summed E-state index contributed by atoms with van der Waals surface area (Å²) in [6, 6.07) is 11.3. The fraction of sp³-hybridized carbons (Fsp3) is 0.556. The Balaban J connectivity index is 2.53. The van der Waals surface area contributed by atoms with Crippen molar-refractivity contribution in [1.29, 1.82) is 0 Å². The van der Waals surface area contributed by atoms with Gasteiger partial charge in [-0.2, -0.15) is 0 Å². The summed E-state index contributed by atoms with van der Waals surface area (Å²) in [5, 5.41) is 0. The van der Waals surface area contributed by atoms with Gasteiger partial charge in [-0.25, -0.2) is 0 Å². The smallest absolute Gasteiger partial charge is 0.374 e. The van der Waals surface area contributed by atoms with Crippen molar-refractivity contribution in [2.75, 3.05) is 26.4 Å². The Kier molecular flexibility index (Phi) is 10.1. The zero-order valence-corrected chi connectivity index (χ0v) is 15.8. The van der Waals surface area contributed by atoms with Gasteiger partial charge in [-0.05, 0) is 27.4 Å². The van der Waals surface area contributed by atoms with Crippen LogP contribution in [0.3, 0.4) is 0 Å². The van der Waals surface area contributed by atoms with Crippen LogP contribution in [0.15, 0.2) is 43.1 Å². The molecule has 0 aliphatic rings. The SMILES string of the molecule is C=C[N+](CCC[Si](OCC)(OCC)OCC)Cc1ccccc1. The van der Waals surface area contributed by atoms with Gasteiger partial charge in [0.15, 0.2) is 6.54 Å². The first-order valence-electron chi connectivity index (χ1n) is 8.52. The predicted octanol–water partition coefficient (Wildman–Crippen LogP) is 3.91. The van der Waals surface area contributed by atoms with Gasteiger partial charge in [0.05, 0.1) is 0 Å². The quantitative estimate of drug-likeness (QED) is 0.404. The molecule has 0 atom stereocenters. The van der Waals surface area contributed by atoms with Gasteiger partial charge < -0.3 is 13.3 Å². The van der Waals surface area contributed by atoms with E-state index in [-0.39, 0.29) is 0 Å². The van der Waals surface area contributed by atoms with Crippen LogP contribution in [0.1, 0.15) is 32.8 Å². The Labute approximate surface area is 142 Å². The molecular weight excluding hydrogens is 306 g/mol. The third-order valence-corrected chi connectivity index (χ3v) is 6.66. The van der Waals surface area contributed by atoms with Gasteiger partial charge in [-0.3, -0.25) is 0 Å². The van der Waals surface area contributed by atoms with E-state index in [0.29, 0.717) is 19.8 Å². The highest BCUT2D eigenvalue weighted by Crippen LogP contribution is 2.18. The molecule has 0 unspecified atom stereocenters. The van der Waals surface area contributed by atoms with Gasteiger partial charge >= 0.3 is 8.80 Å². The molecule has 0 fully saturated rings. The lowest BCUT2D eigenvalue weighted by Crippen LogP contribution is -2.46. The molecule has 0 bridgehead atoms. The summed E-state index contributed by atoms with van der Waals surface area (Å²) in [7, 11) is -2.53. The average Bonchev–Trinajstić information content (AvgIpc) is 2.55. The second kappa shape index (κ2) is 11.5. The maximum atomic E-state index is 5.89. The van der Waals surface area contributed by atoms with Crippen molar-refractivity contribution in [3.63, 3.8) is 0 Å². The molecule has 4 nitrogen and oxygen atoms in total. The number of benzene rings is 1. The van der Waals surface area contributed by atoms with Crippen LogP contribution in [0.25, 0.3) is 0 Å². The van der Waals surface area contributed by atoms with Crippen LogP contribution in [0.4, 0.5) is 0 Å². The summed E-state index contributed by atoms with van der Waals surface area (Å²) in [6.07, 6.45) is 2.86. The average molecular weight is 338 g/mol. The van der Waals surface area contributed by atoms with Crippen LogP contribution >= 0.6 is 0 Å². The Morgan fingerprint density at radius 3 is 2.04 bits per heavy atom. The maximum absolute atomic E-state index is 5.89. The van der Waals surface area contributed by atoms with Gasteiger partial charge in [-0.1, -0.05) is 30.3 Å². The molecule has 1 aromatic rings. The van der Waals surface area contributed by atoms with Crippen LogP contribution in [0.5, 0.6) is 0 Å². The van der Waals surface area contributed by atoms with Crippen LogP contribution < -0.4 is 4.90 Å². The Hall–Kier alpha value is -0.983. The van der Waals surface area contributed by atoms with E-state index in [0.717, 1.165) is 25.6 Å². The van der Waals surface area contributed by atoms with E-state index in [1.165, 1.54) is 5.56 Å². The third-order valence-electron chi connectivity index (χ3n) is 3.51. The highest BCUT2D eigenvalue weighted by Gasteiger charge is 2.40. The molecule has 0 aromatic heterocycles. The second-order valence-corrected chi connectivity index (χ2v) is 7.96. The van der Waals surface area contributed by atoms with E-state index < -0.39 is 8.80 Å². The Morgan fingerprint density at radius 2 is 1.57 bits per heavy atom. The number of rotatable bonds is 13. The van der Waals surface area contributed by atoms with E-state index >= 15 is 0 Å². The molecule has 129 valence electrons. The topological polar surface area (TPSA) is 33.6 Å². The summed E-state index contributed by atoms with van der Waals surface area (Å²) in [6.45, 7) is 13.6. The number of nitrogens with zero attached hydrogens (tertiary/aromatic N) is 1. The molecule has 23 heavy (non-hydrogen) atoms. The lowest BCUT2D eigenvalue weighted by atomic mass is 10.2. The third kappa shape index (κ3) is 7.41. The van der Waals surface area contributed by atoms with Gasteiger partial charge in [0.2, 0.25) is 0 Å². The molecule has 5 heteroatoms. The first kappa shape index (κ1) is 20.1. The highest BCUT2D eigenvalue weighted by molar-refractivity contribution is 6.60. The van der Waals surface area contributed by atoms with E-state index in [4.69, 9.17) is 13.3 Å².